The molecule has 0 amide bonds. The van der Waals surface area contributed by atoms with Crippen LogP contribution in [0.2, 0.25) is 0 Å². The lowest BCUT2D eigenvalue weighted by atomic mass is 10.4. The average molecular weight is 533 g/mol. The molecule has 10 nitrogen and oxygen atoms in total. The van der Waals surface area contributed by atoms with E-state index >= 15 is 0 Å². The molecule has 2 aliphatic rings. The van der Waals surface area contributed by atoms with E-state index in [1.807, 2.05) is 6.07 Å². The zero-order valence-corrected chi connectivity index (χ0v) is 19.8. The van der Waals surface area contributed by atoms with E-state index in [-0.39, 0.29) is 0 Å². The highest BCUT2D eigenvalue weighted by Crippen LogP contribution is 2.55. The van der Waals surface area contributed by atoms with Crippen LogP contribution in [-0.4, -0.2) is 43.1 Å². The predicted molar refractivity (Wildman–Crippen MR) is 117 cm³/mol. The Morgan fingerprint density at radius 1 is 1.19 bits per heavy atom. The Bertz CT molecular complexity index is 1390. The molecule has 0 saturated carbocycles. The van der Waals surface area contributed by atoms with E-state index in [9.17, 15) is 25.9 Å². The molecular formula is C15H8N4O6S6-2. The number of anilines is 2. The van der Waals surface area contributed by atoms with Gasteiger partial charge in [-0.25, -0.2) is 21.7 Å². The Kier molecular flexibility index (Phi) is 5.78. The molecule has 2 aliphatic heterocycles. The maximum absolute atomic E-state index is 11.5. The van der Waals surface area contributed by atoms with E-state index < -0.39 is 37.4 Å². The highest BCUT2D eigenvalue weighted by atomic mass is 32.2. The first kappa shape index (κ1) is 22.4. The molecule has 0 aromatic carbocycles. The molecule has 31 heavy (non-hydrogen) atoms. The van der Waals surface area contributed by atoms with Gasteiger partial charge in [0, 0.05) is 0 Å². The van der Waals surface area contributed by atoms with Gasteiger partial charge in [0.2, 0.25) is 5.00 Å². The molecule has 0 N–H and O–H groups in total. The molecular weight excluding hydrogens is 525 g/mol. The molecule has 2 aromatic heterocycles. The minimum atomic E-state index is -4.66. The van der Waals surface area contributed by atoms with Gasteiger partial charge < -0.3 is 18.9 Å². The van der Waals surface area contributed by atoms with Crippen LogP contribution in [0.1, 0.15) is 4.88 Å². The first-order chi connectivity index (χ1) is 14.5. The summed E-state index contributed by atoms with van der Waals surface area (Å²) in [6, 6.07) is 5.06. The molecule has 16 heteroatoms. The minimum Gasteiger partial charge on any atom is -0.747 e. The van der Waals surface area contributed by atoms with Crippen LogP contribution in [0.5, 0.6) is 0 Å². The SMILES string of the molecule is [C-]#[N+]c1cc2c(s1)SC(C=C1Sc3cc(C#N)sc3N1CS(=O)(=O)[O-])N2CS(=O)(=O)[O-]. The topological polar surface area (TPSA) is 149 Å². The normalized spacial score (nSPS) is 19.4. The third-order valence-electron chi connectivity index (χ3n) is 4.01. The Morgan fingerprint density at radius 2 is 1.90 bits per heavy atom. The van der Waals surface area contributed by atoms with Crippen molar-refractivity contribution in [2.45, 2.75) is 14.5 Å². The molecule has 0 radical (unpaired) electrons. The second-order valence-electron chi connectivity index (χ2n) is 6.15. The van der Waals surface area contributed by atoms with Crippen molar-refractivity contribution < 1.29 is 25.9 Å². The number of nitriles is 1. The summed E-state index contributed by atoms with van der Waals surface area (Å²) in [5.74, 6) is -1.69. The Hall–Kier alpha value is -1.76. The molecule has 0 saturated heterocycles. The molecule has 0 fully saturated rings. The van der Waals surface area contributed by atoms with Crippen molar-refractivity contribution in [2.75, 3.05) is 21.6 Å². The maximum atomic E-state index is 11.5. The van der Waals surface area contributed by atoms with Crippen LogP contribution in [0.25, 0.3) is 4.85 Å². The van der Waals surface area contributed by atoms with Gasteiger partial charge in [0.1, 0.15) is 53.3 Å². The van der Waals surface area contributed by atoms with Crippen molar-refractivity contribution >= 4 is 82.1 Å². The molecule has 1 atom stereocenters. The average Bonchev–Trinajstić information content (AvgIpc) is 3.36. The van der Waals surface area contributed by atoms with Gasteiger partial charge in [-0.2, -0.15) is 5.26 Å². The van der Waals surface area contributed by atoms with Crippen LogP contribution in [0, 0.1) is 17.9 Å². The highest BCUT2D eigenvalue weighted by molar-refractivity contribution is 8.04. The molecule has 1 unspecified atom stereocenters. The van der Waals surface area contributed by atoms with Crippen molar-refractivity contribution in [1.82, 2.24) is 0 Å². The summed E-state index contributed by atoms with van der Waals surface area (Å²) >= 11 is 4.57. The zero-order chi connectivity index (χ0) is 22.6. The Labute approximate surface area is 194 Å². The molecule has 2 aromatic rings. The number of fused-ring (bicyclic) bond motifs is 2. The van der Waals surface area contributed by atoms with Crippen molar-refractivity contribution in [3.8, 4) is 6.07 Å². The number of thioether (sulfide) groups is 2. The second-order valence-corrected chi connectivity index (χ2v) is 13.4. The van der Waals surface area contributed by atoms with Crippen molar-refractivity contribution in [3.63, 3.8) is 0 Å². The Morgan fingerprint density at radius 3 is 2.52 bits per heavy atom. The van der Waals surface area contributed by atoms with Gasteiger partial charge >= 0.3 is 0 Å². The zero-order valence-electron chi connectivity index (χ0n) is 14.9. The van der Waals surface area contributed by atoms with E-state index in [0.29, 0.717) is 34.7 Å². The van der Waals surface area contributed by atoms with Gasteiger partial charge in [-0.1, -0.05) is 23.5 Å². The van der Waals surface area contributed by atoms with Gasteiger partial charge in [-0.05, 0) is 18.2 Å². The number of rotatable bonds is 5. The van der Waals surface area contributed by atoms with Gasteiger partial charge in [0.05, 0.1) is 26.4 Å². The van der Waals surface area contributed by atoms with Gasteiger partial charge in [0.15, 0.2) is 0 Å². The lowest BCUT2D eigenvalue weighted by Gasteiger charge is -2.27. The van der Waals surface area contributed by atoms with Crippen LogP contribution in [-0.2, 0) is 20.2 Å². The molecule has 162 valence electrons. The van der Waals surface area contributed by atoms with E-state index in [0.717, 1.165) is 34.4 Å². The summed E-state index contributed by atoms with van der Waals surface area (Å²) in [6.45, 7) is 7.13. The van der Waals surface area contributed by atoms with E-state index in [2.05, 4.69) is 4.85 Å². The summed E-state index contributed by atoms with van der Waals surface area (Å²) in [5, 5.41) is 9.57. The van der Waals surface area contributed by atoms with E-state index in [1.54, 1.807) is 12.1 Å². The monoisotopic (exact) mass is 532 g/mol. The number of thiophene rings is 2. The fraction of sp³-hybridized carbons (Fsp3) is 0.200. The standard InChI is InChI=1S/C15H10N4O6S6/c1-17-11-3-9-15(28-11)29-12(18(9)6-30(20,21)22)4-13-19(7-31(23,24)25)14-10(27-13)2-8(5-16)26-14/h2-4,12H,6-7H2,(H,20,21,22)(H,23,24,25)/p-2. The first-order valence-electron chi connectivity index (χ1n) is 8.00. The van der Waals surface area contributed by atoms with Crippen LogP contribution in [0.4, 0.5) is 15.7 Å². The lowest BCUT2D eigenvalue weighted by Crippen LogP contribution is -2.34. The summed E-state index contributed by atoms with van der Waals surface area (Å²) in [4.78, 5) is 6.89. The number of hydrogen-bond donors (Lipinski definition) is 0. The third-order valence-corrected chi connectivity index (χ3v) is 9.87. The van der Waals surface area contributed by atoms with Crippen LogP contribution in [0.15, 0.2) is 32.3 Å². The second kappa shape index (κ2) is 7.98. The first-order valence-corrected chi connectivity index (χ1v) is 14.5. The predicted octanol–water partition coefficient (Wildman–Crippen LogP) is 2.93. The molecule has 0 spiro atoms. The van der Waals surface area contributed by atoms with Gasteiger partial charge in [-0.3, -0.25) is 0 Å². The molecule has 4 rings (SSSR count). The van der Waals surface area contributed by atoms with Crippen molar-refractivity contribution in [2.24, 2.45) is 0 Å². The van der Waals surface area contributed by atoms with Crippen LogP contribution in [0.3, 0.4) is 0 Å². The van der Waals surface area contributed by atoms with Crippen molar-refractivity contribution in [3.05, 3.63) is 39.5 Å². The van der Waals surface area contributed by atoms with Gasteiger partial charge in [0.25, 0.3) is 0 Å². The lowest BCUT2D eigenvalue weighted by molar-refractivity contribution is 0.460. The number of nitrogens with zero attached hydrogens (tertiary/aromatic N) is 4. The van der Waals surface area contributed by atoms with Gasteiger partial charge in [-0.15, -0.1) is 22.7 Å². The molecule has 4 heterocycles. The quantitative estimate of drug-likeness (QED) is 0.413. The number of hydrogen-bond acceptors (Lipinski definition) is 13. The maximum Gasteiger partial charge on any atom is 0.244 e. The fourth-order valence-electron chi connectivity index (χ4n) is 2.92. The summed E-state index contributed by atoms with van der Waals surface area (Å²) in [5.41, 5.74) is 0.440. The largest absolute Gasteiger partial charge is 0.747 e. The summed E-state index contributed by atoms with van der Waals surface area (Å²) < 4.78 is 69.4. The summed E-state index contributed by atoms with van der Waals surface area (Å²) in [7, 11) is -9.31. The smallest absolute Gasteiger partial charge is 0.244 e. The fourth-order valence-corrected chi connectivity index (χ4v) is 9.25. The third kappa shape index (κ3) is 4.71. The van der Waals surface area contributed by atoms with E-state index in [1.165, 1.54) is 27.6 Å². The minimum absolute atomic E-state index is 0.345. The highest BCUT2D eigenvalue weighted by Gasteiger charge is 2.36. The molecule has 0 aliphatic carbocycles. The summed E-state index contributed by atoms with van der Waals surface area (Å²) in [6.07, 6.45) is 1.58. The van der Waals surface area contributed by atoms with E-state index in [4.69, 9.17) is 11.8 Å². The van der Waals surface area contributed by atoms with Crippen LogP contribution >= 0.6 is 46.2 Å². The van der Waals surface area contributed by atoms with Crippen molar-refractivity contribution in [1.29, 1.82) is 5.26 Å². The van der Waals surface area contributed by atoms with Crippen LogP contribution < -0.4 is 9.80 Å². The Balaban J connectivity index is 1.73. The molecule has 0 bridgehead atoms.